The van der Waals surface area contributed by atoms with Crippen molar-refractivity contribution in [1.82, 2.24) is 15.1 Å². The summed E-state index contributed by atoms with van der Waals surface area (Å²) in [5, 5.41) is 8.02. The number of amides is 1. The van der Waals surface area contributed by atoms with Crippen molar-refractivity contribution in [2.75, 3.05) is 7.05 Å². The maximum Gasteiger partial charge on any atom is 0.274 e. The number of H-pyrrole nitrogens is 1. The highest BCUT2D eigenvalue weighted by Gasteiger charge is 2.21. The molecule has 0 aliphatic heterocycles. The highest BCUT2D eigenvalue weighted by Crippen LogP contribution is 2.24. The van der Waals surface area contributed by atoms with E-state index in [1.54, 1.807) is 30.1 Å². The second-order valence-corrected chi connectivity index (χ2v) is 7.14. The monoisotopic (exact) mass is 339 g/mol. The van der Waals surface area contributed by atoms with E-state index in [0.717, 1.165) is 11.3 Å². The molecule has 1 aromatic heterocycles. The van der Waals surface area contributed by atoms with Crippen LogP contribution in [0.2, 0.25) is 10.0 Å². The summed E-state index contributed by atoms with van der Waals surface area (Å²) in [6, 6.07) is 7.14. The molecule has 2 rings (SSSR count). The van der Waals surface area contributed by atoms with E-state index in [2.05, 4.69) is 31.0 Å². The van der Waals surface area contributed by atoms with Gasteiger partial charge in [-0.3, -0.25) is 9.89 Å². The van der Waals surface area contributed by atoms with Crippen molar-refractivity contribution in [1.29, 1.82) is 0 Å². The standard InChI is InChI=1S/C16H19Cl2N3O/c1-16(2,3)14-8-13(19-20-14)15(22)21(4)9-10-5-6-11(17)12(18)7-10/h5-8H,9H2,1-4H3,(H,19,20). The Labute approximate surface area is 140 Å². The molecule has 0 spiro atoms. The average molecular weight is 340 g/mol. The van der Waals surface area contributed by atoms with Crippen molar-refractivity contribution >= 4 is 29.1 Å². The molecule has 118 valence electrons. The highest BCUT2D eigenvalue weighted by atomic mass is 35.5. The molecule has 22 heavy (non-hydrogen) atoms. The van der Waals surface area contributed by atoms with E-state index >= 15 is 0 Å². The van der Waals surface area contributed by atoms with Gasteiger partial charge in [0.25, 0.3) is 5.91 Å². The van der Waals surface area contributed by atoms with Gasteiger partial charge in [-0.15, -0.1) is 0 Å². The smallest absolute Gasteiger partial charge is 0.274 e. The van der Waals surface area contributed by atoms with Crippen LogP contribution in [0.25, 0.3) is 0 Å². The van der Waals surface area contributed by atoms with Crippen LogP contribution in [0.1, 0.15) is 42.5 Å². The minimum Gasteiger partial charge on any atom is -0.336 e. The molecular formula is C16H19Cl2N3O. The van der Waals surface area contributed by atoms with Gasteiger partial charge in [0.15, 0.2) is 0 Å². The predicted molar refractivity (Wildman–Crippen MR) is 89.5 cm³/mol. The van der Waals surface area contributed by atoms with Crippen molar-refractivity contribution in [2.24, 2.45) is 0 Å². The van der Waals surface area contributed by atoms with Gasteiger partial charge >= 0.3 is 0 Å². The highest BCUT2D eigenvalue weighted by molar-refractivity contribution is 6.42. The first-order valence-corrected chi connectivity index (χ1v) is 7.69. The second kappa shape index (κ2) is 6.31. The van der Waals surface area contributed by atoms with Crippen molar-refractivity contribution in [3.8, 4) is 0 Å². The van der Waals surface area contributed by atoms with Crippen LogP contribution >= 0.6 is 23.2 Å². The topological polar surface area (TPSA) is 49.0 Å². The Balaban J connectivity index is 2.12. The molecule has 0 unspecified atom stereocenters. The molecule has 1 N–H and O–H groups in total. The number of carbonyl (C=O) groups excluding carboxylic acids is 1. The van der Waals surface area contributed by atoms with Gasteiger partial charge in [-0.05, 0) is 23.8 Å². The number of benzene rings is 1. The van der Waals surface area contributed by atoms with E-state index in [-0.39, 0.29) is 11.3 Å². The zero-order valence-electron chi connectivity index (χ0n) is 13.1. The molecule has 0 saturated carbocycles. The van der Waals surface area contributed by atoms with Crippen molar-refractivity contribution in [3.05, 3.63) is 51.3 Å². The van der Waals surface area contributed by atoms with Gasteiger partial charge in [-0.2, -0.15) is 5.10 Å². The normalized spacial score (nSPS) is 11.5. The maximum absolute atomic E-state index is 12.4. The Morgan fingerprint density at radius 2 is 1.91 bits per heavy atom. The Morgan fingerprint density at radius 1 is 1.23 bits per heavy atom. The third-order valence-corrected chi connectivity index (χ3v) is 4.09. The van der Waals surface area contributed by atoms with Gasteiger partial charge in [-0.1, -0.05) is 50.0 Å². The van der Waals surface area contributed by atoms with Crippen LogP contribution in [0.3, 0.4) is 0 Å². The number of nitrogens with zero attached hydrogens (tertiary/aromatic N) is 2. The lowest BCUT2D eigenvalue weighted by molar-refractivity contribution is 0.0779. The summed E-state index contributed by atoms with van der Waals surface area (Å²) in [5.41, 5.74) is 2.18. The molecule has 0 fully saturated rings. The number of nitrogens with one attached hydrogen (secondary N) is 1. The molecule has 0 bridgehead atoms. The van der Waals surface area contributed by atoms with Crippen molar-refractivity contribution in [2.45, 2.75) is 32.7 Å². The molecule has 0 radical (unpaired) electrons. The summed E-state index contributed by atoms with van der Waals surface area (Å²) < 4.78 is 0. The zero-order valence-corrected chi connectivity index (χ0v) is 14.6. The molecule has 1 amide bonds. The first kappa shape index (κ1) is 16.8. The van der Waals surface area contributed by atoms with Crippen LogP contribution < -0.4 is 0 Å². The summed E-state index contributed by atoms with van der Waals surface area (Å²) >= 11 is 11.9. The number of carbonyl (C=O) groups is 1. The van der Waals surface area contributed by atoms with Crippen LogP contribution in [0.15, 0.2) is 24.3 Å². The molecule has 0 saturated heterocycles. The molecule has 1 aromatic carbocycles. The summed E-state index contributed by atoms with van der Waals surface area (Å²) in [7, 11) is 1.73. The minimum absolute atomic E-state index is 0.0756. The van der Waals surface area contributed by atoms with Gasteiger partial charge in [0.1, 0.15) is 5.69 Å². The van der Waals surface area contributed by atoms with Crippen molar-refractivity contribution in [3.63, 3.8) is 0 Å². The number of rotatable bonds is 3. The van der Waals surface area contributed by atoms with E-state index in [9.17, 15) is 4.79 Å². The predicted octanol–water partition coefficient (Wildman–Crippen LogP) is 4.29. The lowest BCUT2D eigenvalue weighted by Crippen LogP contribution is -2.26. The third kappa shape index (κ3) is 3.81. The van der Waals surface area contributed by atoms with E-state index in [1.165, 1.54) is 0 Å². The van der Waals surface area contributed by atoms with Gasteiger partial charge in [-0.25, -0.2) is 0 Å². The first-order valence-electron chi connectivity index (χ1n) is 6.94. The Kier molecular flexibility index (Phi) is 4.83. The van der Waals surface area contributed by atoms with Gasteiger partial charge in [0, 0.05) is 24.7 Å². The summed E-state index contributed by atoms with van der Waals surface area (Å²) in [5.74, 6) is -0.141. The molecule has 6 heteroatoms. The summed E-state index contributed by atoms with van der Waals surface area (Å²) in [6.07, 6.45) is 0. The molecule has 2 aromatic rings. The Hall–Kier alpha value is -1.52. The largest absolute Gasteiger partial charge is 0.336 e. The van der Waals surface area contributed by atoms with Crippen LogP contribution in [-0.4, -0.2) is 28.1 Å². The molecule has 0 atom stereocenters. The fourth-order valence-corrected chi connectivity index (χ4v) is 2.32. The Morgan fingerprint density at radius 3 is 2.45 bits per heavy atom. The maximum atomic E-state index is 12.4. The van der Waals surface area contributed by atoms with E-state index in [1.807, 2.05) is 6.07 Å². The minimum atomic E-state index is -0.141. The second-order valence-electron chi connectivity index (χ2n) is 6.33. The third-order valence-electron chi connectivity index (χ3n) is 3.36. The molecular weight excluding hydrogens is 321 g/mol. The van der Waals surface area contributed by atoms with E-state index < -0.39 is 0 Å². The van der Waals surface area contributed by atoms with E-state index in [0.29, 0.717) is 22.3 Å². The van der Waals surface area contributed by atoms with Gasteiger partial charge in [0.05, 0.1) is 10.0 Å². The molecule has 4 nitrogen and oxygen atoms in total. The van der Waals surface area contributed by atoms with Gasteiger partial charge < -0.3 is 4.90 Å². The van der Waals surface area contributed by atoms with E-state index in [4.69, 9.17) is 23.2 Å². The fourth-order valence-electron chi connectivity index (χ4n) is 1.99. The van der Waals surface area contributed by atoms with Crippen LogP contribution in [0, 0.1) is 0 Å². The van der Waals surface area contributed by atoms with Crippen molar-refractivity contribution < 1.29 is 4.79 Å². The lowest BCUT2D eigenvalue weighted by Gasteiger charge is -2.16. The summed E-state index contributed by atoms with van der Waals surface area (Å²) in [4.78, 5) is 14.0. The SMILES string of the molecule is CN(Cc1ccc(Cl)c(Cl)c1)C(=O)c1cc(C(C)(C)C)[nH]n1. The number of hydrogen-bond donors (Lipinski definition) is 1. The number of halogens is 2. The fraction of sp³-hybridized carbons (Fsp3) is 0.375. The van der Waals surface area contributed by atoms with Crippen LogP contribution in [0.5, 0.6) is 0 Å². The molecule has 1 heterocycles. The summed E-state index contributed by atoms with van der Waals surface area (Å²) in [6.45, 7) is 6.63. The van der Waals surface area contributed by atoms with Gasteiger partial charge in [0.2, 0.25) is 0 Å². The number of aromatic amines is 1. The molecule has 0 aliphatic rings. The first-order chi connectivity index (χ1) is 10.2. The van der Waals surface area contributed by atoms with Crippen LogP contribution in [0.4, 0.5) is 0 Å². The molecule has 0 aliphatic carbocycles. The average Bonchev–Trinajstić information content (AvgIpc) is 2.91. The number of aromatic nitrogens is 2. The quantitative estimate of drug-likeness (QED) is 0.906. The van der Waals surface area contributed by atoms with Crippen LogP contribution in [-0.2, 0) is 12.0 Å². The zero-order chi connectivity index (χ0) is 16.5. The lowest BCUT2D eigenvalue weighted by atomic mass is 9.92. The Bertz CT molecular complexity index is 689. The number of hydrogen-bond acceptors (Lipinski definition) is 2.